The molecule has 0 bridgehead atoms. The second kappa shape index (κ2) is 16.1. The molecular weight excluding hydrogens is 504 g/mol. The molecule has 0 amide bonds. The van der Waals surface area contributed by atoms with Crippen molar-refractivity contribution in [2.45, 2.75) is 53.4 Å². The van der Waals surface area contributed by atoms with Crippen molar-refractivity contribution in [1.82, 2.24) is 0 Å². The molecule has 212 valence electrons. The first-order valence-corrected chi connectivity index (χ1v) is 14.1. The maximum Gasteiger partial charge on any atom is 0.150 e. The quantitative estimate of drug-likeness (QED) is 0.148. The fourth-order valence-electron chi connectivity index (χ4n) is 4.13. The maximum absolute atomic E-state index is 11.1. The molecule has 4 rings (SSSR count). The van der Waals surface area contributed by atoms with E-state index in [1.54, 1.807) is 12.1 Å². The Morgan fingerprint density at radius 3 is 1.68 bits per heavy atom. The van der Waals surface area contributed by atoms with Crippen molar-refractivity contribution >= 4 is 34.1 Å². The zero-order valence-corrected chi connectivity index (χ0v) is 24.0. The minimum Gasteiger partial charge on any atom is -0.494 e. The van der Waals surface area contributed by atoms with Crippen molar-refractivity contribution in [3.63, 3.8) is 0 Å². The van der Waals surface area contributed by atoms with E-state index in [0.29, 0.717) is 37.6 Å². The Balaban J connectivity index is 0.000000220. The first-order valence-electron chi connectivity index (χ1n) is 14.1. The molecule has 0 heterocycles. The Bertz CT molecular complexity index is 1390. The van der Waals surface area contributed by atoms with Gasteiger partial charge >= 0.3 is 0 Å². The van der Waals surface area contributed by atoms with E-state index in [4.69, 9.17) is 18.9 Å². The molecule has 4 aromatic rings. The van der Waals surface area contributed by atoms with Crippen LogP contribution in [0.2, 0.25) is 0 Å². The van der Waals surface area contributed by atoms with Crippen molar-refractivity contribution in [1.29, 1.82) is 0 Å². The lowest BCUT2D eigenvalue weighted by Gasteiger charge is -2.13. The van der Waals surface area contributed by atoms with Crippen LogP contribution in [0.25, 0.3) is 21.5 Å². The summed E-state index contributed by atoms with van der Waals surface area (Å²) in [6.07, 6.45) is 5.47. The van der Waals surface area contributed by atoms with Crippen molar-refractivity contribution in [3.05, 3.63) is 71.8 Å². The number of ether oxygens (including phenoxy) is 4. The highest BCUT2D eigenvalue weighted by atomic mass is 16.5. The molecule has 0 aliphatic rings. The number of hydrogen-bond donors (Lipinski definition) is 0. The molecular formula is C34H40O6. The smallest absolute Gasteiger partial charge is 0.150 e. The fraction of sp³-hybridized carbons (Fsp3) is 0.353. The van der Waals surface area contributed by atoms with Crippen molar-refractivity contribution < 1.29 is 28.5 Å². The molecule has 0 radical (unpaired) electrons. The number of hydrogen-bond acceptors (Lipinski definition) is 6. The monoisotopic (exact) mass is 544 g/mol. The molecule has 40 heavy (non-hydrogen) atoms. The van der Waals surface area contributed by atoms with Crippen molar-refractivity contribution in [2.24, 2.45) is 0 Å². The van der Waals surface area contributed by atoms with Crippen LogP contribution in [0.1, 0.15) is 74.1 Å². The van der Waals surface area contributed by atoms with Gasteiger partial charge in [0.1, 0.15) is 35.6 Å². The van der Waals surface area contributed by atoms with Crippen LogP contribution < -0.4 is 18.9 Å². The molecule has 0 spiro atoms. The third-order valence-corrected chi connectivity index (χ3v) is 5.98. The van der Waals surface area contributed by atoms with Gasteiger partial charge in [0.2, 0.25) is 0 Å². The normalized spacial score (nSPS) is 10.5. The van der Waals surface area contributed by atoms with E-state index >= 15 is 0 Å². The van der Waals surface area contributed by atoms with E-state index in [0.717, 1.165) is 82.8 Å². The van der Waals surface area contributed by atoms with Crippen LogP contribution in [0.3, 0.4) is 0 Å². The van der Waals surface area contributed by atoms with Gasteiger partial charge in [-0.15, -0.1) is 0 Å². The van der Waals surface area contributed by atoms with Crippen LogP contribution in [-0.4, -0.2) is 39.0 Å². The van der Waals surface area contributed by atoms with E-state index in [-0.39, 0.29) is 0 Å². The topological polar surface area (TPSA) is 71.1 Å². The van der Waals surface area contributed by atoms with Crippen LogP contribution in [0.15, 0.2) is 60.7 Å². The molecule has 0 atom stereocenters. The number of carbonyl (C=O) groups excluding carboxylic acids is 2. The average Bonchev–Trinajstić information content (AvgIpc) is 3.00. The largest absolute Gasteiger partial charge is 0.494 e. The number of fused-ring (bicyclic) bond motifs is 2. The molecule has 0 saturated carbocycles. The summed E-state index contributed by atoms with van der Waals surface area (Å²) in [5.41, 5.74) is 1.23. The van der Waals surface area contributed by atoms with Gasteiger partial charge in [-0.1, -0.05) is 39.8 Å². The second-order valence-electron chi connectivity index (χ2n) is 9.40. The van der Waals surface area contributed by atoms with Gasteiger partial charge in [-0.3, -0.25) is 9.59 Å². The molecule has 6 nitrogen and oxygen atoms in total. The third kappa shape index (κ3) is 8.22. The molecule has 0 aliphatic carbocycles. The highest BCUT2D eigenvalue weighted by molar-refractivity contribution is 5.97. The molecule has 0 N–H and O–H groups in total. The minimum atomic E-state index is 0.608. The van der Waals surface area contributed by atoms with E-state index in [1.165, 1.54) is 0 Å². The summed E-state index contributed by atoms with van der Waals surface area (Å²) < 4.78 is 22.9. The Morgan fingerprint density at radius 2 is 1.07 bits per heavy atom. The molecule has 0 saturated heterocycles. The second-order valence-corrected chi connectivity index (χ2v) is 9.40. The van der Waals surface area contributed by atoms with Gasteiger partial charge < -0.3 is 18.9 Å². The van der Waals surface area contributed by atoms with E-state index in [9.17, 15) is 9.59 Å². The predicted molar refractivity (Wildman–Crippen MR) is 162 cm³/mol. The van der Waals surface area contributed by atoms with Crippen LogP contribution in [-0.2, 0) is 0 Å². The minimum absolute atomic E-state index is 0.608. The molecule has 0 aromatic heterocycles. The van der Waals surface area contributed by atoms with Gasteiger partial charge in [0.25, 0.3) is 0 Å². The summed E-state index contributed by atoms with van der Waals surface area (Å²) in [5.74, 6) is 3.13. The number of aldehydes is 2. The lowest BCUT2D eigenvalue weighted by atomic mass is 10.1. The van der Waals surface area contributed by atoms with Crippen LogP contribution in [0.5, 0.6) is 23.0 Å². The van der Waals surface area contributed by atoms with E-state index < -0.39 is 0 Å². The molecule has 0 unspecified atom stereocenters. The summed E-state index contributed by atoms with van der Waals surface area (Å²) in [6, 6.07) is 19.0. The van der Waals surface area contributed by atoms with Crippen LogP contribution in [0.4, 0.5) is 0 Å². The SMILES string of the molecule is CCCOc1cc(C=O)cc2c(OCCC)cccc12.CCCOc1ccc2c(OCCC)cc(C=O)cc2c1. The Hall–Kier alpha value is -4.06. The zero-order chi connectivity index (χ0) is 28.7. The standard InChI is InChI=1S/2C17H20O3/c1-3-8-19-16-7-5-6-14-15(16)10-13(12-18)11-17(14)20-9-4-2;1-3-7-19-15-5-6-16-14(11-15)9-13(12-18)10-17(16)20-8-4-2/h5-7,10-12H,3-4,8-9H2,1-2H3;5-6,9-12H,3-4,7-8H2,1-2H3. The lowest BCUT2D eigenvalue weighted by molar-refractivity contribution is 0.111. The molecule has 4 aromatic carbocycles. The first-order chi connectivity index (χ1) is 19.6. The van der Waals surface area contributed by atoms with Gasteiger partial charge in [-0.2, -0.15) is 0 Å². The third-order valence-electron chi connectivity index (χ3n) is 5.98. The van der Waals surface area contributed by atoms with Gasteiger partial charge in [-0.25, -0.2) is 0 Å². The summed E-state index contributed by atoms with van der Waals surface area (Å²) >= 11 is 0. The van der Waals surface area contributed by atoms with E-state index in [1.807, 2.05) is 48.5 Å². The summed E-state index contributed by atoms with van der Waals surface area (Å²) in [6.45, 7) is 10.9. The summed E-state index contributed by atoms with van der Waals surface area (Å²) in [5, 5.41) is 3.89. The number of carbonyl (C=O) groups is 2. The van der Waals surface area contributed by atoms with Gasteiger partial charge in [0, 0.05) is 27.3 Å². The molecule has 0 aliphatic heterocycles. The number of rotatable bonds is 14. The van der Waals surface area contributed by atoms with Crippen LogP contribution >= 0.6 is 0 Å². The Labute approximate surface area is 237 Å². The summed E-state index contributed by atoms with van der Waals surface area (Å²) in [7, 11) is 0. The molecule has 0 fully saturated rings. The van der Waals surface area contributed by atoms with Gasteiger partial charge in [0.05, 0.1) is 26.4 Å². The highest BCUT2D eigenvalue weighted by Gasteiger charge is 2.10. The highest BCUT2D eigenvalue weighted by Crippen LogP contribution is 2.34. The summed E-state index contributed by atoms with van der Waals surface area (Å²) in [4.78, 5) is 22.2. The predicted octanol–water partition coefficient (Wildman–Crippen LogP) is 8.46. The van der Waals surface area contributed by atoms with Crippen molar-refractivity contribution in [2.75, 3.05) is 26.4 Å². The van der Waals surface area contributed by atoms with Gasteiger partial charge in [0.15, 0.2) is 0 Å². The first kappa shape index (κ1) is 30.5. The van der Waals surface area contributed by atoms with E-state index in [2.05, 4.69) is 27.7 Å². The van der Waals surface area contributed by atoms with Crippen molar-refractivity contribution in [3.8, 4) is 23.0 Å². The zero-order valence-electron chi connectivity index (χ0n) is 24.0. The van der Waals surface area contributed by atoms with Gasteiger partial charge in [-0.05, 0) is 79.6 Å². The fourth-order valence-corrected chi connectivity index (χ4v) is 4.13. The average molecular weight is 545 g/mol. The molecule has 6 heteroatoms. The van der Waals surface area contributed by atoms with Crippen LogP contribution in [0, 0.1) is 0 Å². The lowest BCUT2D eigenvalue weighted by Crippen LogP contribution is -1.99. The number of benzene rings is 4. The maximum atomic E-state index is 11.1. The Morgan fingerprint density at radius 1 is 0.525 bits per heavy atom. The Kier molecular flexibility index (Phi) is 12.3.